The number of aryl methyl sites for hydroxylation is 1. The summed E-state index contributed by atoms with van der Waals surface area (Å²) in [6.07, 6.45) is 7.43. The summed E-state index contributed by atoms with van der Waals surface area (Å²) < 4.78 is 1.96. The molecule has 13 heavy (non-hydrogen) atoms. The molecular weight excluding hydrogens is 166 g/mol. The highest BCUT2D eigenvalue weighted by Crippen LogP contribution is 2.32. The van der Waals surface area contributed by atoms with E-state index in [1.54, 1.807) is 12.3 Å². The Hall–Kier alpha value is -1.25. The van der Waals surface area contributed by atoms with Gasteiger partial charge in [0.15, 0.2) is 0 Å². The average Bonchev–Trinajstić information content (AvgIpc) is 2.79. The van der Waals surface area contributed by atoms with Gasteiger partial charge in [0.05, 0.1) is 5.56 Å². The first-order chi connectivity index (χ1) is 6.25. The van der Waals surface area contributed by atoms with Crippen molar-refractivity contribution >= 4 is 5.97 Å². The molecular formula is C10H13NO2. The topological polar surface area (TPSA) is 42.2 Å². The maximum atomic E-state index is 10.6. The molecule has 0 saturated heterocycles. The van der Waals surface area contributed by atoms with Gasteiger partial charge < -0.3 is 9.67 Å². The molecule has 1 aromatic rings. The molecule has 1 aliphatic carbocycles. The van der Waals surface area contributed by atoms with E-state index < -0.39 is 5.97 Å². The number of carboxylic acid groups (broad SMARTS) is 1. The van der Waals surface area contributed by atoms with Gasteiger partial charge in [0, 0.05) is 18.9 Å². The molecule has 0 amide bonds. The van der Waals surface area contributed by atoms with Crippen molar-refractivity contribution in [3.63, 3.8) is 0 Å². The molecule has 0 atom stereocenters. The lowest BCUT2D eigenvalue weighted by Gasteiger charge is -1.99. The van der Waals surface area contributed by atoms with Gasteiger partial charge in [-0.25, -0.2) is 4.79 Å². The normalized spacial score (nSPS) is 16.0. The van der Waals surface area contributed by atoms with Crippen LogP contribution in [0, 0.1) is 5.92 Å². The Labute approximate surface area is 77.0 Å². The fourth-order valence-electron chi connectivity index (χ4n) is 1.44. The van der Waals surface area contributed by atoms with Crippen molar-refractivity contribution in [2.45, 2.75) is 25.8 Å². The minimum Gasteiger partial charge on any atom is -0.478 e. The summed E-state index contributed by atoms with van der Waals surface area (Å²) in [6, 6.07) is 1.65. The second kappa shape index (κ2) is 3.24. The smallest absolute Gasteiger partial charge is 0.337 e. The zero-order chi connectivity index (χ0) is 9.26. The molecule has 1 fully saturated rings. The molecule has 1 saturated carbocycles. The van der Waals surface area contributed by atoms with Gasteiger partial charge in [-0.1, -0.05) is 12.8 Å². The second-order valence-electron chi connectivity index (χ2n) is 3.68. The third-order valence-corrected chi connectivity index (χ3v) is 2.49. The number of carbonyl (C=O) groups is 1. The minimum atomic E-state index is -0.842. The molecule has 2 rings (SSSR count). The molecule has 0 radical (unpaired) electrons. The fraction of sp³-hybridized carbons (Fsp3) is 0.500. The van der Waals surface area contributed by atoms with E-state index in [4.69, 9.17) is 5.11 Å². The second-order valence-corrected chi connectivity index (χ2v) is 3.68. The summed E-state index contributed by atoms with van der Waals surface area (Å²) in [6.45, 7) is 0.956. The van der Waals surface area contributed by atoms with Crippen LogP contribution in [0.15, 0.2) is 18.5 Å². The molecule has 1 heterocycles. The van der Waals surface area contributed by atoms with Gasteiger partial charge in [0.2, 0.25) is 0 Å². The molecule has 1 aliphatic rings. The molecule has 1 N–H and O–H groups in total. The average molecular weight is 179 g/mol. The highest BCUT2D eigenvalue weighted by Gasteiger charge is 2.20. The van der Waals surface area contributed by atoms with E-state index in [1.165, 1.54) is 19.3 Å². The van der Waals surface area contributed by atoms with Gasteiger partial charge >= 0.3 is 5.97 Å². The number of aromatic nitrogens is 1. The zero-order valence-electron chi connectivity index (χ0n) is 7.44. The zero-order valence-corrected chi connectivity index (χ0v) is 7.44. The summed E-state index contributed by atoms with van der Waals surface area (Å²) >= 11 is 0. The third kappa shape index (κ3) is 2.11. The largest absolute Gasteiger partial charge is 0.478 e. The predicted octanol–water partition coefficient (Wildman–Crippen LogP) is 1.99. The monoisotopic (exact) mass is 179 g/mol. The lowest BCUT2D eigenvalue weighted by molar-refractivity contribution is 0.0697. The first-order valence-electron chi connectivity index (χ1n) is 4.65. The molecule has 3 heteroatoms. The maximum Gasteiger partial charge on any atom is 0.337 e. The van der Waals surface area contributed by atoms with Gasteiger partial charge in [-0.3, -0.25) is 0 Å². The van der Waals surface area contributed by atoms with Crippen LogP contribution < -0.4 is 0 Å². The van der Waals surface area contributed by atoms with Crippen LogP contribution in [-0.2, 0) is 6.54 Å². The van der Waals surface area contributed by atoms with Gasteiger partial charge in [0.25, 0.3) is 0 Å². The minimum absolute atomic E-state index is 0.385. The van der Waals surface area contributed by atoms with Crippen LogP contribution in [0.4, 0.5) is 0 Å². The third-order valence-electron chi connectivity index (χ3n) is 2.49. The lowest BCUT2D eigenvalue weighted by Crippen LogP contribution is -1.97. The molecule has 70 valence electrons. The molecule has 0 spiro atoms. The van der Waals surface area contributed by atoms with Crippen molar-refractivity contribution in [1.82, 2.24) is 4.57 Å². The number of nitrogens with zero attached hydrogens (tertiary/aromatic N) is 1. The van der Waals surface area contributed by atoms with E-state index in [0.29, 0.717) is 5.56 Å². The number of carboxylic acids is 1. The number of hydrogen-bond donors (Lipinski definition) is 1. The highest BCUT2D eigenvalue weighted by atomic mass is 16.4. The Kier molecular flexibility index (Phi) is 2.08. The first kappa shape index (κ1) is 8.35. The lowest BCUT2D eigenvalue weighted by atomic mass is 10.3. The van der Waals surface area contributed by atoms with E-state index >= 15 is 0 Å². The molecule has 3 nitrogen and oxygen atoms in total. The highest BCUT2D eigenvalue weighted by molar-refractivity contribution is 5.87. The van der Waals surface area contributed by atoms with Gasteiger partial charge in [0.1, 0.15) is 0 Å². The van der Waals surface area contributed by atoms with Crippen LogP contribution in [-0.4, -0.2) is 15.6 Å². The summed E-state index contributed by atoms with van der Waals surface area (Å²) in [5, 5.41) is 8.67. The van der Waals surface area contributed by atoms with Crippen molar-refractivity contribution in [3.8, 4) is 0 Å². The Balaban J connectivity index is 1.92. The van der Waals surface area contributed by atoms with Gasteiger partial charge in [-0.15, -0.1) is 0 Å². The molecule has 0 aromatic carbocycles. The SMILES string of the molecule is O=C(O)c1ccn(CCC2CC2)c1. The molecule has 0 bridgehead atoms. The van der Waals surface area contributed by atoms with Crippen LogP contribution in [0.25, 0.3) is 0 Å². The van der Waals surface area contributed by atoms with Crippen LogP contribution >= 0.6 is 0 Å². The van der Waals surface area contributed by atoms with Crippen molar-refractivity contribution in [2.75, 3.05) is 0 Å². The Morgan fingerprint density at radius 2 is 2.38 bits per heavy atom. The summed E-state index contributed by atoms with van der Waals surface area (Å²) in [5.41, 5.74) is 0.385. The van der Waals surface area contributed by atoms with Crippen LogP contribution in [0.2, 0.25) is 0 Å². The number of hydrogen-bond acceptors (Lipinski definition) is 1. The van der Waals surface area contributed by atoms with Gasteiger partial charge in [-0.05, 0) is 18.4 Å². The van der Waals surface area contributed by atoms with Crippen LogP contribution in [0.3, 0.4) is 0 Å². The van der Waals surface area contributed by atoms with Crippen molar-refractivity contribution < 1.29 is 9.90 Å². The Morgan fingerprint density at radius 1 is 1.62 bits per heavy atom. The first-order valence-corrected chi connectivity index (χ1v) is 4.65. The van der Waals surface area contributed by atoms with E-state index in [0.717, 1.165) is 12.5 Å². The standard InChI is InChI=1S/C10H13NO2/c12-10(13)9-4-6-11(7-9)5-3-8-1-2-8/h4,6-8H,1-3,5H2,(H,12,13). The van der Waals surface area contributed by atoms with Crippen molar-refractivity contribution in [2.24, 2.45) is 5.92 Å². The number of aromatic carboxylic acids is 1. The Bertz CT molecular complexity index is 312. The van der Waals surface area contributed by atoms with Crippen LogP contribution in [0.5, 0.6) is 0 Å². The van der Waals surface area contributed by atoms with Crippen LogP contribution in [0.1, 0.15) is 29.6 Å². The number of rotatable bonds is 4. The summed E-state index contributed by atoms with van der Waals surface area (Å²) in [5.74, 6) is 0.0563. The van der Waals surface area contributed by atoms with E-state index in [-0.39, 0.29) is 0 Å². The molecule has 0 aliphatic heterocycles. The quantitative estimate of drug-likeness (QED) is 0.768. The van der Waals surface area contributed by atoms with E-state index in [1.807, 2.05) is 10.8 Å². The van der Waals surface area contributed by atoms with Crippen molar-refractivity contribution in [1.29, 1.82) is 0 Å². The summed E-state index contributed by atoms with van der Waals surface area (Å²) in [7, 11) is 0. The predicted molar refractivity (Wildman–Crippen MR) is 48.7 cm³/mol. The van der Waals surface area contributed by atoms with Crippen molar-refractivity contribution in [3.05, 3.63) is 24.0 Å². The van der Waals surface area contributed by atoms with Gasteiger partial charge in [-0.2, -0.15) is 0 Å². The molecule has 0 unspecified atom stereocenters. The van der Waals surface area contributed by atoms with E-state index in [9.17, 15) is 4.79 Å². The Morgan fingerprint density at radius 3 is 2.92 bits per heavy atom. The maximum absolute atomic E-state index is 10.6. The fourth-order valence-corrected chi connectivity index (χ4v) is 1.44. The molecule has 1 aromatic heterocycles. The van der Waals surface area contributed by atoms with E-state index in [2.05, 4.69) is 0 Å². The summed E-state index contributed by atoms with van der Waals surface area (Å²) in [4.78, 5) is 10.6.